The summed E-state index contributed by atoms with van der Waals surface area (Å²) in [5, 5.41) is 12.8. The van der Waals surface area contributed by atoms with E-state index in [1.54, 1.807) is 12.2 Å². The summed E-state index contributed by atoms with van der Waals surface area (Å²) in [6, 6.07) is 1.18. The Kier molecular flexibility index (Phi) is 8.21. The van der Waals surface area contributed by atoms with Crippen LogP contribution in [-0.4, -0.2) is 51.1 Å². The summed E-state index contributed by atoms with van der Waals surface area (Å²) in [4.78, 5) is 24.0. The summed E-state index contributed by atoms with van der Waals surface area (Å²) in [5.41, 5.74) is 6.35. The van der Waals surface area contributed by atoms with Gasteiger partial charge in [0.25, 0.3) is 0 Å². The number of aliphatic carboxylic acids is 1. The second kappa shape index (κ2) is 10.6. The Morgan fingerprint density at radius 1 is 1.10 bits per heavy atom. The van der Waals surface area contributed by atoms with Crippen LogP contribution in [0.1, 0.15) is 71.1 Å². The molecule has 0 aromatic rings. The largest absolute Gasteiger partial charge is 0.477 e. The van der Waals surface area contributed by atoms with Gasteiger partial charge in [0.15, 0.2) is 0 Å². The number of rotatable bonds is 4. The van der Waals surface area contributed by atoms with Crippen LogP contribution < -0.4 is 11.1 Å². The molecule has 6 nitrogen and oxygen atoms in total. The zero-order valence-electron chi connectivity index (χ0n) is 17.4. The first-order valence-electron chi connectivity index (χ1n) is 11.1. The molecule has 0 aromatic carbocycles. The van der Waals surface area contributed by atoms with Crippen LogP contribution in [0, 0.1) is 0 Å². The lowest BCUT2D eigenvalue weighted by Crippen LogP contribution is -2.68. The number of carboxylic acids is 1. The summed E-state index contributed by atoms with van der Waals surface area (Å²) < 4.78 is 0. The number of carbonyl (C=O) groups is 2. The molecule has 1 unspecified atom stereocenters. The molecule has 2 aliphatic carbocycles. The topological polar surface area (TPSA) is 95.7 Å². The van der Waals surface area contributed by atoms with E-state index in [0.29, 0.717) is 11.3 Å². The Morgan fingerprint density at radius 3 is 2.14 bits per heavy atom. The fourth-order valence-electron chi connectivity index (χ4n) is 4.74. The third-order valence-electron chi connectivity index (χ3n) is 6.29. The molecule has 7 heteroatoms. The van der Waals surface area contributed by atoms with E-state index < -0.39 is 12.0 Å². The van der Waals surface area contributed by atoms with Crippen molar-refractivity contribution >= 4 is 23.6 Å². The average Bonchev–Trinajstić information content (AvgIpc) is 2.75. The molecule has 2 heterocycles. The van der Waals surface area contributed by atoms with Crippen LogP contribution in [0.2, 0.25) is 0 Å². The van der Waals surface area contributed by atoms with Crippen molar-refractivity contribution in [1.82, 2.24) is 10.2 Å². The van der Waals surface area contributed by atoms with Gasteiger partial charge in [-0.25, -0.2) is 4.79 Å². The van der Waals surface area contributed by atoms with Gasteiger partial charge in [0, 0.05) is 17.8 Å². The van der Waals surface area contributed by atoms with Crippen molar-refractivity contribution in [3.8, 4) is 0 Å². The Labute approximate surface area is 178 Å². The molecule has 0 aromatic heterocycles. The van der Waals surface area contributed by atoms with Crippen LogP contribution in [-0.2, 0) is 9.59 Å². The lowest BCUT2D eigenvalue weighted by Gasteiger charge is -2.47. The molecule has 29 heavy (non-hydrogen) atoms. The highest BCUT2D eigenvalue weighted by atomic mass is 32.2. The minimum atomic E-state index is -1.07. The van der Waals surface area contributed by atoms with Gasteiger partial charge in [-0.05, 0) is 38.2 Å². The standard InChI is InChI=1S/C12H23N.C10H12N2O3S/c1-3-7-11(8-4-1)13-12-9-5-2-6-10-12;1-2-3-5-4-16-9-6(11)8(13)12(9)7(5)10(14)15/h11-13H,1-10H2;2-3,6,9H,4,11H2,1H3,(H,14,15)/b;3-2-/t;6?,9-/m.0/s1. The summed E-state index contributed by atoms with van der Waals surface area (Å²) in [6.07, 6.45) is 18.1. The monoisotopic (exact) mass is 421 g/mol. The van der Waals surface area contributed by atoms with Crippen LogP contribution in [0.15, 0.2) is 23.4 Å². The molecular weight excluding hydrogens is 386 g/mol. The quantitative estimate of drug-likeness (QED) is 0.602. The summed E-state index contributed by atoms with van der Waals surface area (Å²) in [5.74, 6) is -0.802. The molecule has 2 atom stereocenters. The molecular formula is C22H35N3O3S. The highest BCUT2D eigenvalue weighted by Crippen LogP contribution is 2.39. The third kappa shape index (κ3) is 5.44. The molecule has 0 spiro atoms. The van der Waals surface area contributed by atoms with Crippen molar-refractivity contribution in [3.05, 3.63) is 23.4 Å². The smallest absolute Gasteiger partial charge is 0.352 e. The maximum absolute atomic E-state index is 11.5. The van der Waals surface area contributed by atoms with Gasteiger partial charge in [-0.2, -0.15) is 0 Å². The third-order valence-corrected chi connectivity index (χ3v) is 7.61. The molecule has 4 N–H and O–H groups in total. The number of hydrogen-bond donors (Lipinski definition) is 3. The fourth-order valence-corrected chi connectivity index (χ4v) is 6.01. The Morgan fingerprint density at radius 2 is 1.66 bits per heavy atom. The number of nitrogens with zero attached hydrogens (tertiary/aromatic N) is 1. The van der Waals surface area contributed by atoms with Crippen molar-refractivity contribution < 1.29 is 14.7 Å². The molecule has 2 saturated carbocycles. The van der Waals surface area contributed by atoms with Crippen LogP contribution in [0.25, 0.3) is 0 Å². The summed E-state index contributed by atoms with van der Waals surface area (Å²) in [7, 11) is 0. The van der Waals surface area contributed by atoms with Crippen LogP contribution in [0.3, 0.4) is 0 Å². The van der Waals surface area contributed by atoms with Gasteiger partial charge in [-0.15, -0.1) is 11.8 Å². The number of amides is 1. The van der Waals surface area contributed by atoms with E-state index in [0.717, 1.165) is 12.1 Å². The van der Waals surface area contributed by atoms with Crippen molar-refractivity contribution in [3.63, 3.8) is 0 Å². The van der Waals surface area contributed by atoms with E-state index in [1.807, 2.05) is 6.92 Å². The van der Waals surface area contributed by atoms with Crippen molar-refractivity contribution in [2.45, 2.75) is 94.6 Å². The van der Waals surface area contributed by atoms with E-state index in [1.165, 1.54) is 80.9 Å². The number of thioether (sulfide) groups is 1. The normalized spacial score (nSPS) is 28.6. The predicted octanol–water partition coefficient (Wildman–Crippen LogP) is 3.39. The number of carboxylic acid groups (broad SMARTS) is 1. The van der Waals surface area contributed by atoms with Gasteiger partial charge in [0.05, 0.1) is 0 Å². The number of allylic oxidation sites excluding steroid dienone is 2. The van der Waals surface area contributed by atoms with Crippen LogP contribution >= 0.6 is 11.8 Å². The van der Waals surface area contributed by atoms with Crippen LogP contribution in [0.5, 0.6) is 0 Å². The molecule has 4 rings (SSSR count). The van der Waals surface area contributed by atoms with Crippen LogP contribution in [0.4, 0.5) is 0 Å². The molecule has 4 aliphatic rings. The molecule has 2 aliphatic heterocycles. The zero-order chi connectivity index (χ0) is 20.8. The van der Waals surface area contributed by atoms with Gasteiger partial charge >= 0.3 is 5.97 Å². The Hall–Kier alpha value is -1.31. The summed E-state index contributed by atoms with van der Waals surface area (Å²) in [6.45, 7) is 1.81. The first-order chi connectivity index (χ1) is 14.0. The SMILES string of the molecule is C/C=C\C1=C(C(=O)O)N2C(=O)C(N)[C@@H]2SC1.C1CCC(NC2CCCCC2)CC1. The number of carbonyl (C=O) groups excluding carboxylic acids is 1. The molecule has 1 amide bonds. The van der Waals surface area contributed by atoms with E-state index in [-0.39, 0.29) is 17.0 Å². The highest BCUT2D eigenvalue weighted by molar-refractivity contribution is 8.00. The van der Waals surface area contributed by atoms with E-state index in [9.17, 15) is 9.59 Å². The molecule has 1 saturated heterocycles. The first-order valence-corrected chi connectivity index (χ1v) is 12.1. The van der Waals surface area contributed by atoms with Crippen molar-refractivity contribution in [2.24, 2.45) is 5.73 Å². The highest BCUT2D eigenvalue weighted by Gasteiger charge is 2.51. The maximum Gasteiger partial charge on any atom is 0.352 e. The number of fused-ring (bicyclic) bond motifs is 1. The lowest BCUT2D eigenvalue weighted by molar-refractivity contribution is -0.147. The van der Waals surface area contributed by atoms with Gasteiger partial charge < -0.3 is 16.2 Å². The van der Waals surface area contributed by atoms with Gasteiger partial charge in [-0.3, -0.25) is 9.69 Å². The summed E-state index contributed by atoms with van der Waals surface area (Å²) >= 11 is 1.50. The van der Waals surface area contributed by atoms with Crippen molar-refractivity contribution in [1.29, 1.82) is 0 Å². The average molecular weight is 422 g/mol. The number of β-lactam (4-membered cyclic amide) rings is 1. The van der Waals surface area contributed by atoms with Gasteiger partial charge in [0.2, 0.25) is 5.91 Å². The number of hydrogen-bond acceptors (Lipinski definition) is 5. The lowest BCUT2D eigenvalue weighted by atomic mass is 9.91. The fraction of sp³-hybridized carbons (Fsp3) is 0.727. The van der Waals surface area contributed by atoms with Crippen molar-refractivity contribution in [2.75, 3.05) is 5.75 Å². The second-order valence-electron chi connectivity index (χ2n) is 8.45. The molecule has 0 radical (unpaired) electrons. The molecule has 0 bridgehead atoms. The molecule has 162 valence electrons. The Balaban J connectivity index is 0.000000169. The number of nitrogens with two attached hydrogens (primary N) is 1. The van der Waals surface area contributed by atoms with E-state index in [2.05, 4.69) is 5.32 Å². The maximum atomic E-state index is 11.5. The number of nitrogens with one attached hydrogen (secondary N) is 1. The van der Waals surface area contributed by atoms with Gasteiger partial charge in [-0.1, -0.05) is 50.7 Å². The second-order valence-corrected chi connectivity index (χ2v) is 9.56. The minimum absolute atomic E-state index is 0.0774. The molecule has 3 fully saturated rings. The Bertz CT molecular complexity index is 636. The zero-order valence-corrected chi connectivity index (χ0v) is 18.3. The minimum Gasteiger partial charge on any atom is -0.477 e. The van der Waals surface area contributed by atoms with Gasteiger partial charge in [0.1, 0.15) is 17.1 Å². The first kappa shape index (κ1) is 22.4. The van der Waals surface area contributed by atoms with E-state index in [4.69, 9.17) is 10.8 Å². The van der Waals surface area contributed by atoms with E-state index >= 15 is 0 Å². The predicted molar refractivity (Wildman–Crippen MR) is 117 cm³/mol.